The highest BCUT2D eigenvalue weighted by Crippen LogP contribution is 2.27. The van der Waals surface area contributed by atoms with E-state index in [0.717, 1.165) is 22.1 Å². The molecule has 0 aliphatic carbocycles. The van der Waals surface area contributed by atoms with Gasteiger partial charge in [-0.25, -0.2) is 9.98 Å². The molecule has 5 heteroatoms. The molecule has 1 heterocycles. The summed E-state index contributed by atoms with van der Waals surface area (Å²) in [7, 11) is 1.88. The van der Waals surface area contributed by atoms with E-state index in [0.29, 0.717) is 6.04 Å². The monoisotopic (exact) mass is 274 g/mol. The van der Waals surface area contributed by atoms with Crippen LogP contribution in [-0.4, -0.2) is 24.4 Å². The average molecular weight is 274 g/mol. The molecule has 19 heavy (non-hydrogen) atoms. The van der Waals surface area contributed by atoms with Gasteiger partial charge in [0, 0.05) is 24.0 Å². The number of anilines is 1. The Labute approximate surface area is 117 Å². The van der Waals surface area contributed by atoms with E-state index in [-0.39, 0.29) is 0 Å². The van der Waals surface area contributed by atoms with Crippen molar-refractivity contribution in [1.29, 1.82) is 0 Å². The van der Waals surface area contributed by atoms with E-state index in [1.54, 1.807) is 17.7 Å². The minimum Gasteiger partial charge on any atom is -0.374 e. The van der Waals surface area contributed by atoms with Gasteiger partial charge in [0.2, 0.25) is 0 Å². The Morgan fingerprint density at radius 2 is 2.21 bits per heavy atom. The average Bonchev–Trinajstić information content (AvgIpc) is 2.87. The van der Waals surface area contributed by atoms with E-state index in [9.17, 15) is 0 Å². The van der Waals surface area contributed by atoms with Crippen LogP contribution in [-0.2, 0) is 0 Å². The largest absolute Gasteiger partial charge is 0.374 e. The molecule has 0 atom stereocenters. The third-order valence-electron chi connectivity index (χ3n) is 2.48. The molecule has 1 aromatic carbocycles. The molecule has 0 unspecified atom stereocenters. The number of aromatic nitrogens is 1. The smallest absolute Gasteiger partial charge is 0.182 e. The van der Waals surface area contributed by atoms with E-state index in [1.807, 2.05) is 36.7 Å². The summed E-state index contributed by atoms with van der Waals surface area (Å²) < 4.78 is 0. The van der Waals surface area contributed by atoms with Gasteiger partial charge < -0.3 is 10.6 Å². The van der Waals surface area contributed by atoms with Crippen molar-refractivity contribution in [3.05, 3.63) is 29.6 Å². The third-order valence-corrected chi connectivity index (χ3v) is 3.34. The van der Waals surface area contributed by atoms with Crippen LogP contribution < -0.4 is 10.6 Å². The van der Waals surface area contributed by atoms with Crippen molar-refractivity contribution >= 4 is 28.5 Å². The molecule has 0 saturated heterocycles. The van der Waals surface area contributed by atoms with Gasteiger partial charge >= 0.3 is 0 Å². The van der Waals surface area contributed by atoms with Crippen molar-refractivity contribution in [3.63, 3.8) is 0 Å². The van der Waals surface area contributed by atoms with Crippen LogP contribution in [0.1, 0.15) is 13.8 Å². The first-order valence-electron chi connectivity index (χ1n) is 6.21. The summed E-state index contributed by atoms with van der Waals surface area (Å²) >= 11 is 1.60. The summed E-state index contributed by atoms with van der Waals surface area (Å²) in [5.74, 6) is 0. The second kappa shape index (κ2) is 6.33. The van der Waals surface area contributed by atoms with Crippen LogP contribution in [0.5, 0.6) is 0 Å². The molecule has 0 aliphatic rings. The fraction of sp³-hybridized carbons (Fsp3) is 0.286. The second-order valence-corrected chi connectivity index (χ2v) is 5.28. The number of thiazole rings is 1. The molecule has 2 N–H and O–H groups in total. The standard InChI is InChI=1S/C14H18N4S/c1-10(2)16-9-17-12-6-4-5-11(7-12)13-8-19-14(15-3)18-13/h4-10H,1-3H3,(H,15,18)(H,16,17). The van der Waals surface area contributed by atoms with Crippen LogP contribution >= 0.6 is 11.3 Å². The van der Waals surface area contributed by atoms with E-state index >= 15 is 0 Å². The fourth-order valence-electron chi connectivity index (χ4n) is 1.53. The molecular formula is C14H18N4S. The molecule has 0 saturated carbocycles. The maximum absolute atomic E-state index is 4.49. The van der Waals surface area contributed by atoms with Gasteiger partial charge in [-0.15, -0.1) is 11.3 Å². The summed E-state index contributed by atoms with van der Waals surface area (Å²) in [4.78, 5) is 8.87. The number of nitrogens with zero attached hydrogens (tertiary/aromatic N) is 2. The molecule has 0 fully saturated rings. The van der Waals surface area contributed by atoms with Crippen molar-refractivity contribution < 1.29 is 0 Å². The van der Waals surface area contributed by atoms with Gasteiger partial charge in [-0.05, 0) is 26.0 Å². The van der Waals surface area contributed by atoms with Gasteiger partial charge in [-0.3, -0.25) is 0 Å². The van der Waals surface area contributed by atoms with Crippen molar-refractivity contribution in [2.45, 2.75) is 19.9 Å². The lowest BCUT2D eigenvalue weighted by molar-refractivity contribution is 0.744. The molecule has 2 rings (SSSR count). The third kappa shape index (κ3) is 3.79. The Balaban J connectivity index is 2.17. The lowest BCUT2D eigenvalue weighted by Crippen LogP contribution is -2.19. The van der Waals surface area contributed by atoms with Crippen molar-refractivity contribution in [2.75, 3.05) is 12.4 Å². The van der Waals surface area contributed by atoms with Gasteiger partial charge in [0.15, 0.2) is 5.13 Å². The van der Waals surface area contributed by atoms with E-state index in [4.69, 9.17) is 0 Å². The summed E-state index contributed by atoms with van der Waals surface area (Å²) in [6, 6.07) is 8.45. The normalized spacial score (nSPS) is 11.2. The molecule has 100 valence electrons. The van der Waals surface area contributed by atoms with E-state index in [2.05, 4.69) is 34.5 Å². The number of hydrogen-bond acceptors (Lipinski definition) is 4. The Hall–Kier alpha value is -1.88. The number of nitrogens with one attached hydrogen (secondary N) is 2. The molecule has 0 bridgehead atoms. The number of aliphatic imine (C=N–C) groups is 1. The predicted octanol–water partition coefficient (Wildman–Crippen LogP) is 3.51. The van der Waals surface area contributed by atoms with Gasteiger partial charge in [0.05, 0.1) is 17.7 Å². The maximum Gasteiger partial charge on any atom is 0.182 e. The van der Waals surface area contributed by atoms with E-state index < -0.39 is 0 Å². The van der Waals surface area contributed by atoms with Crippen molar-refractivity contribution in [2.24, 2.45) is 4.99 Å². The molecule has 0 radical (unpaired) electrons. The molecule has 1 aromatic heterocycles. The summed E-state index contributed by atoms with van der Waals surface area (Å²) in [6.07, 6.45) is 1.74. The molecule has 0 amide bonds. The topological polar surface area (TPSA) is 49.3 Å². The highest BCUT2D eigenvalue weighted by Gasteiger charge is 2.03. The first-order valence-corrected chi connectivity index (χ1v) is 7.09. The van der Waals surface area contributed by atoms with Crippen LogP contribution in [0, 0.1) is 0 Å². The predicted molar refractivity (Wildman–Crippen MR) is 83.5 cm³/mol. The molecular weight excluding hydrogens is 256 g/mol. The van der Waals surface area contributed by atoms with Gasteiger partial charge in [-0.1, -0.05) is 12.1 Å². The zero-order chi connectivity index (χ0) is 13.7. The molecule has 0 spiro atoms. The van der Waals surface area contributed by atoms with Crippen LogP contribution in [0.25, 0.3) is 11.3 Å². The second-order valence-electron chi connectivity index (χ2n) is 4.42. The minimum absolute atomic E-state index is 0.392. The Kier molecular flexibility index (Phi) is 4.52. The summed E-state index contributed by atoms with van der Waals surface area (Å²) in [6.45, 7) is 4.16. The van der Waals surface area contributed by atoms with Gasteiger partial charge in [0.1, 0.15) is 0 Å². The zero-order valence-electron chi connectivity index (χ0n) is 11.3. The SMILES string of the molecule is CNc1nc(-c2cccc(N=CNC(C)C)c2)cs1. The number of rotatable bonds is 5. The highest BCUT2D eigenvalue weighted by molar-refractivity contribution is 7.14. The van der Waals surface area contributed by atoms with Gasteiger partial charge in [0.25, 0.3) is 0 Å². The Bertz CT molecular complexity index is 560. The first kappa shape index (κ1) is 13.5. The lowest BCUT2D eigenvalue weighted by Gasteiger charge is -2.02. The zero-order valence-corrected chi connectivity index (χ0v) is 12.2. The molecule has 0 aliphatic heterocycles. The quantitative estimate of drug-likeness (QED) is 0.648. The van der Waals surface area contributed by atoms with E-state index in [1.165, 1.54) is 0 Å². The maximum atomic E-state index is 4.49. The summed E-state index contributed by atoms with van der Waals surface area (Å²) in [5, 5.41) is 9.16. The van der Waals surface area contributed by atoms with Crippen LogP contribution in [0.15, 0.2) is 34.6 Å². The van der Waals surface area contributed by atoms with Crippen LogP contribution in [0.2, 0.25) is 0 Å². The highest BCUT2D eigenvalue weighted by atomic mass is 32.1. The van der Waals surface area contributed by atoms with Crippen LogP contribution in [0.3, 0.4) is 0 Å². The summed E-state index contributed by atoms with van der Waals surface area (Å²) in [5.41, 5.74) is 2.98. The molecule has 2 aromatic rings. The first-order chi connectivity index (χ1) is 9.19. The fourth-order valence-corrected chi connectivity index (χ4v) is 2.21. The lowest BCUT2D eigenvalue weighted by atomic mass is 10.1. The van der Waals surface area contributed by atoms with Crippen molar-refractivity contribution in [1.82, 2.24) is 10.3 Å². The minimum atomic E-state index is 0.392. The van der Waals surface area contributed by atoms with Gasteiger partial charge in [-0.2, -0.15) is 0 Å². The molecule has 4 nitrogen and oxygen atoms in total. The Morgan fingerprint density at radius 1 is 1.37 bits per heavy atom. The Morgan fingerprint density at radius 3 is 2.89 bits per heavy atom. The van der Waals surface area contributed by atoms with Crippen LogP contribution in [0.4, 0.5) is 10.8 Å². The number of benzene rings is 1. The number of hydrogen-bond donors (Lipinski definition) is 2. The van der Waals surface area contributed by atoms with Crippen molar-refractivity contribution in [3.8, 4) is 11.3 Å².